The predicted octanol–water partition coefficient (Wildman–Crippen LogP) is 2.81. The molecule has 0 saturated heterocycles. The van der Waals surface area contributed by atoms with Crippen LogP contribution in [0.2, 0.25) is 5.02 Å². The van der Waals surface area contributed by atoms with E-state index >= 15 is 0 Å². The SMILES string of the molecule is Cc1ccc(Cl)c(S(C)(=O)=O)c1Br. The second kappa shape index (κ2) is 3.59. The summed E-state index contributed by atoms with van der Waals surface area (Å²) in [6.07, 6.45) is 1.14. The van der Waals surface area contributed by atoms with Gasteiger partial charge in [-0.1, -0.05) is 17.7 Å². The van der Waals surface area contributed by atoms with Crippen LogP contribution in [0.5, 0.6) is 0 Å². The molecule has 0 atom stereocenters. The molecule has 0 N–H and O–H groups in total. The van der Waals surface area contributed by atoms with Crippen molar-refractivity contribution in [3.8, 4) is 0 Å². The van der Waals surface area contributed by atoms with Gasteiger partial charge in [-0.25, -0.2) is 8.42 Å². The van der Waals surface area contributed by atoms with Gasteiger partial charge in [-0.2, -0.15) is 0 Å². The summed E-state index contributed by atoms with van der Waals surface area (Å²) in [5.41, 5.74) is 0.852. The third kappa shape index (κ3) is 2.24. The second-order valence-electron chi connectivity index (χ2n) is 2.78. The van der Waals surface area contributed by atoms with E-state index in [4.69, 9.17) is 11.6 Å². The molecule has 0 fully saturated rings. The maximum atomic E-state index is 11.3. The van der Waals surface area contributed by atoms with E-state index < -0.39 is 9.84 Å². The molecule has 0 bridgehead atoms. The maximum absolute atomic E-state index is 11.3. The lowest BCUT2D eigenvalue weighted by Crippen LogP contribution is -2.00. The molecular weight excluding hydrogens is 276 g/mol. The summed E-state index contributed by atoms with van der Waals surface area (Å²) in [5.74, 6) is 0. The van der Waals surface area contributed by atoms with Crippen LogP contribution in [0.3, 0.4) is 0 Å². The first-order valence-electron chi connectivity index (χ1n) is 3.48. The molecule has 13 heavy (non-hydrogen) atoms. The first-order chi connectivity index (χ1) is 5.84. The number of halogens is 2. The Labute approximate surface area is 91.0 Å². The Morgan fingerprint density at radius 2 is 1.92 bits per heavy atom. The monoisotopic (exact) mass is 282 g/mol. The van der Waals surface area contributed by atoms with Gasteiger partial charge in [-0.15, -0.1) is 0 Å². The zero-order valence-corrected chi connectivity index (χ0v) is 10.3. The van der Waals surface area contributed by atoms with Gasteiger partial charge in [0.15, 0.2) is 9.84 Å². The number of aryl methyl sites for hydroxylation is 1. The van der Waals surface area contributed by atoms with Crippen LogP contribution in [-0.2, 0) is 9.84 Å². The Hall–Kier alpha value is -0.0600. The van der Waals surface area contributed by atoms with Crippen LogP contribution in [-0.4, -0.2) is 14.7 Å². The van der Waals surface area contributed by atoms with Crippen LogP contribution in [0.15, 0.2) is 21.5 Å². The number of benzene rings is 1. The predicted molar refractivity (Wildman–Crippen MR) is 57.0 cm³/mol. The van der Waals surface area contributed by atoms with Crippen molar-refractivity contribution >= 4 is 37.4 Å². The van der Waals surface area contributed by atoms with Crippen LogP contribution in [0.1, 0.15) is 5.56 Å². The molecular formula is C8H8BrClO2S. The van der Waals surface area contributed by atoms with E-state index in [-0.39, 0.29) is 9.92 Å². The summed E-state index contributed by atoms with van der Waals surface area (Å²) in [4.78, 5) is 0.161. The fraction of sp³-hybridized carbons (Fsp3) is 0.250. The molecule has 0 aliphatic rings. The molecule has 5 heteroatoms. The highest BCUT2D eigenvalue weighted by molar-refractivity contribution is 9.10. The van der Waals surface area contributed by atoms with Gasteiger partial charge >= 0.3 is 0 Å². The maximum Gasteiger partial charge on any atom is 0.178 e. The Balaban J connectivity index is 3.62. The zero-order valence-electron chi connectivity index (χ0n) is 7.14. The minimum atomic E-state index is -3.27. The van der Waals surface area contributed by atoms with Crippen LogP contribution in [0, 0.1) is 6.92 Å². The first kappa shape index (κ1) is 11.0. The summed E-state index contributed by atoms with van der Waals surface area (Å²) in [6, 6.07) is 3.35. The van der Waals surface area contributed by atoms with Crippen molar-refractivity contribution in [2.75, 3.05) is 6.26 Å². The van der Waals surface area contributed by atoms with Gasteiger partial charge in [0, 0.05) is 10.7 Å². The van der Waals surface area contributed by atoms with Gasteiger partial charge in [-0.05, 0) is 34.5 Å². The first-order valence-corrected chi connectivity index (χ1v) is 6.55. The summed E-state index contributed by atoms with van der Waals surface area (Å²) < 4.78 is 23.2. The lowest BCUT2D eigenvalue weighted by atomic mass is 10.2. The van der Waals surface area contributed by atoms with E-state index in [9.17, 15) is 8.42 Å². The third-order valence-electron chi connectivity index (χ3n) is 1.61. The molecule has 0 saturated carbocycles. The molecule has 0 unspecified atom stereocenters. The largest absolute Gasteiger partial charge is 0.224 e. The molecule has 0 aliphatic carbocycles. The third-order valence-corrected chi connectivity index (χ3v) is 4.49. The van der Waals surface area contributed by atoms with Gasteiger partial charge in [-0.3, -0.25) is 0 Å². The zero-order chi connectivity index (χ0) is 10.2. The van der Waals surface area contributed by atoms with Crippen molar-refractivity contribution in [1.82, 2.24) is 0 Å². The van der Waals surface area contributed by atoms with Crippen molar-refractivity contribution in [2.45, 2.75) is 11.8 Å². The van der Waals surface area contributed by atoms with E-state index in [0.29, 0.717) is 4.47 Å². The van der Waals surface area contributed by atoms with E-state index in [2.05, 4.69) is 15.9 Å². The van der Waals surface area contributed by atoms with Crippen LogP contribution in [0.4, 0.5) is 0 Å². The number of sulfone groups is 1. The van der Waals surface area contributed by atoms with Gasteiger partial charge in [0.1, 0.15) is 0 Å². The summed E-state index contributed by atoms with van der Waals surface area (Å²) in [7, 11) is -3.27. The highest BCUT2D eigenvalue weighted by Crippen LogP contribution is 2.31. The molecule has 1 aromatic carbocycles. The minimum absolute atomic E-state index is 0.161. The van der Waals surface area contributed by atoms with Gasteiger partial charge in [0.05, 0.1) is 9.92 Å². The number of hydrogen-bond acceptors (Lipinski definition) is 2. The van der Waals surface area contributed by atoms with Crippen molar-refractivity contribution in [3.63, 3.8) is 0 Å². The molecule has 0 aliphatic heterocycles. The highest BCUT2D eigenvalue weighted by Gasteiger charge is 2.17. The molecule has 0 heterocycles. The molecule has 0 aromatic heterocycles. The Bertz CT molecular complexity index is 440. The van der Waals surface area contributed by atoms with Gasteiger partial charge in [0.25, 0.3) is 0 Å². The summed E-state index contributed by atoms with van der Waals surface area (Å²) in [6.45, 7) is 1.81. The molecule has 72 valence electrons. The normalized spacial score (nSPS) is 11.7. The lowest BCUT2D eigenvalue weighted by molar-refractivity contribution is 0.601. The number of rotatable bonds is 1. The quantitative estimate of drug-likeness (QED) is 0.794. The summed E-state index contributed by atoms with van der Waals surface area (Å²) >= 11 is 8.98. The Morgan fingerprint density at radius 3 is 2.31 bits per heavy atom. The van der Waals surface area contributed by atoms with Crippen LogP contribution >= 0.6 is 27.5 Å². The summed E-state index contributed by atoms with van der Waals surface area (Å²) in [5, 5.41) is 0.250. The van der Waals surface area contributed by atoms with Gasteiger partial charge in [0.2, 0.25) is 0 Å². The van der Waals surface area contributed by atoms with Crippen LogP contribution < -0.4 is 0 Å². The Morgan fingerprint density at radius 1 is 1.38 bits per heavy atom. The van der Waals surface area contributed by atoms with E-state index in [1.807, 2.05) is 6.92 Å². The average molecular weight is 284 g/mol. The fourth-order valence-corrected chi connectivity index (χ4v) is 3.80. The van der Waals surface area contributed by atoms with Crippen molar-refractivity contribution in [1.29, 1.82) is 0 Å². The molecule has 2 nitrogen and oxygen atoms in total. The van der Waals surface area contributed by atoms with Gasteiger partial charge < -0.3 is 0 Å². The standard InChI is InChI=1S/C8H8BrClO2S/c1-5-3-4-6(10)8(7(5)9)13(2,11)12/h3-4H,1-2H3. The Kier molecular flexibility index (Phi) is 3.05. The molecule has 0 radical (unpaired) electrons. The molecule has 0 spiro atoms. The molecule has 0 amide bonds. The minimum Gasteiger partial charge on any atom is -0.224 e. The van der Waals surface area contributed by atoms with E-state index in [1.54, 1.807) is 12.1 Å². The lowest BCUT2D eigenvalue weighted by Gasteiger charge is -2.06. The van der Waals surface area contributed by atoms with Crippen molar-refractivity contribution < 1.29 is 8.42 Å². The van der Waals surface area contributed by atoms with Crippen molar-refractivity contribution in [3.05, 3.63) is 27.2 Å². The van der Waals surface area contributed by atoms with Crippen molar-refractivity contribution in [2.24, 2.45) is 0 Å². The smallest absolute Gasteiger partial charge is 0.178 e. The fourth-order valence-electron chi connectivity index (χ4n) is 0.971. The van der Waals surface area contributed by atoms with E-state index in [1.165, 1.54) is 0 Å². The van der Waals surface area contributed by atoms with Crippen LogP contribution in [0.25, 0.3) is 0 Å². The molecule has 1 aromatic rings. The molecule has 1 rings (SSSR count). The second-order valence-corrected chi connectivity index (χ2v) is 5.93. The topological polar surface area (TPSA) is 34.1 Å². The number of hydrogen-bond donors (Lipinski definition) is 0. The van der Waals surface area contributed by atoms with E-state index in [0.717, 1.165) is 11.8 Å². The highest BCUT2D eigenvalue weighted by atomic mass is 79.9. The average Bonchev–Trinajstić information content (AvgIpc) is 1.95.